The minimum Gasteiger partial charge on any atom is -0.320 e. The second-order valence-electron chi connectivity index (χ2n) is 4.05. The van der Waals surface area contributed by atoms with Gasteiger partial charge >= 0.3 is 18.0 Å². The summed E-state index contributed by atoms with van der Waals surface area (Å²) in [4.78, 5) is 11.1. The fraction of sp³-hybridized carbons (Fsp3) is 0.154. The summed E-state index contributed by atoms with van der Waals surface area (Å²) in [5.74, 6) is -7.84. The molecule has 0 saturated heterocycles. The van der Waals surface area contributed by atoms with Crippen molar-refractivity contribution in [2.24, 2.45) is 0 Å². The van der Waals surface area contributed by atoms with Crippen LogP contribution in [0.4, 0.5) is 27.6 Å². The Bertz CT molecular complexity index is 645. The van der Waals surface area contributed by atoms with Crippen LogP contribution >= 0.6 is 0 Å². The van der Waals surface area contributed by atoms with Crippen molar-refractivity contribution >= 4 is 22.4 Å². The van der Waals surface area contributed by atoms with Crippen LogP contribution < -0.4 is 5.32 Å². The predicted molar refractivity (Wildman–Crippen MR) is 63.6 cm³/mol. The highest BCUT2D eigenvalue weighted by Gasteiger charge is 2.63. The molecule has 0 saturated carbocycles. The molecule has 106 valence electrons. The zero-order valence-electron chi connectivity index (χ0n) is 9.84. The summed E-state index contributed by atoms with van der Waals surface area (Å²) in [6, 6.07) is 10.8. The highest BCUT2D eigenvalue weighted by Crippen LogP contribution is 2.36. The second kappa shape index (κ2) is 4.73. The number of carbonyl (C=O) groups is 1. The molecule has 0 heterocycles. The van der Waals surface area contributed by atoms with Gasteiger partial charge in [-0.15, -0.1) is 0 Å². The van der Waals surface area contributed by atoms with E-state index in [2.05, 4.69) is 0 Å². The average molecular weight is 289 g/mol. The van der Waals surface area contributed by atoms with Gasteiger partial charge in [-0.25, -0.2) is 0 Å². The van der Waals surface area contributed by atoms with Gasteiger partial charge in [-0.2, -0.15) is 22.0 Å². The number of rotatable bonds is 2. The Labute approximate surface area is 110 Å². The lowest BCUT2D eigenvalue weighted by molar-refractivity contribution is -0.267. The van der Waals surface area contributed by atoms with Crippen molar-refractivity contribution in [3.05, 3.63) is 42.5 Å². The van der Waals surface area contributed by atoms with E-state index in [1.54, 1.807) is 29.6 Å². The van der Waals surface area contributed by atoms with Crippen LogP contribution in [-0.4, -0.2) is 18.0 Å². The van der Waals surface area contributed by atoms with Gasteiger partial charge in [0, 0.05) is 11.1 Å². The fourth-order valence-corrected chi connectivity index (χ4v) is 1.66. The zero-order valence-corrected chi connectivity index (χ0v) is 9.84. The van der Waals surface area contributed by atoms with Crippen molar-refractivity contribution in [3.63, 3.8) is 0 Å². The molecule has 0 spiro atoms. The largest absolute Gasteiger partial charge is 0.463 e. The maximum Gasteiger partial charge on any atom is 0.463 e. The van der Waals surface area contributed by atoms with Crippen molar-refractivity contribution in [2.45, 2.75) is 12.1 Å². The third-order valence-electron chi connectivity index (χ3n) is 2.68. The van der Waals surface area contributed by atoms with Gasteiger partial charge in [0.25, 0.3) is 0 Å². The van der Waals surface area contributed by atoms with Crippen LogP contribution in [0.25, 0.3) is 10.8 Å². The lowest BCUT2D eigenvalue weighted by atomic mass is 10.1. The first-order chi connectivity index (χ1) is 9.23. The SMILES string of the molecule is O=C(Nc1cccc2ccccc12)C(F)(F)C(F)(F)F. The first-order valence-corrected chi connectivity index (χ1v) is 5.47. The summed E-state index contributed by atoms with van der Waals surface area (Å²) in [5.41, 5.74) is -0.1000. The zero-order chi connectivity index (χ0) is 15.0. The molecule has 2 aromatic rings. The van der Waals surface area contributed by atoms with Crippen LogP contribution in [0.2, 0.25) is 0 Å². The molecule has 1 amide bonds. The van der Waals surface area contributed by atoms with Crippen LogP contribution in [0.1, 0.15) is 0 Å². The molecule has 1 N–H and O–H groups in total. The summed E-state index contributed by atoms with van der Waals surface area (Å²) in [6.45, 7) is 0. The Balaban J connectivity index is 2.36. The number of benzene rings is 2. The number of amides is 1. The fourth-order valence-electron chi connectivity index (χ4n) is 1.66. The van der Waals surface area contributed by atoms with Gasteiger partial charge in [-0.05, 0) is 11.5 Å². The lowest BCUT2D eigenvalue weighted by Crippen LogP contribution is -2.47. The molecule has 0 unspecified atom stereocenters. The number of carbonyl (C=O) groups excluding carboxylic acids is 1. The number of alkyl halides is 5. The van der Waals surface area contributed by atoms with Gasteiger partial charge in [0.15, 0.2) is 0 Å². The van der Waals surface area contributed by atoms with Crippen LogP contribution in [0.15, 0.2) is 42.5 Å². The maximum atomic E-state index is 12.9. The monoisotopic (exact) mass is 289 g/mol. The minimum atomic E-state index is -5.93. The molecule has 0 aliphatic heterocycles. The third kappa shape index (κ3) is 2.43. The topological polar surface area (TPSA) is 29.1 Å². The van der Waals surface area contributed by atoms with Gasteiger partial charge in [-0.1, -0.05) is 36.4 Å². The van der Waals surface area contributed by atoms with E-state index >= 15 is 0 Å². The van der Waals surface area contributed by atoms with Crippen molar-refractivity contribution in [1.82, 2.24) is 0 Å². The van der Waals surface area contributed by atoms with E-state index in [1.165, 1.54) is 18.2 Å². The maximum absolute atomic E-state index is 12.9. The number of anilines is 1. The Kier molecular flexibility index (Phi) is 3.37. The van der Waals surface area contributed by atoms with E-state index < -0.39 is 18.0 Å². The summed E-state index contributed by atoms with van der Waals surface area (Å²) < 4.78 is 62.0. The van der Waals surface area contributed by atoms with Crippen LogP contribution in [-0.2, 0) is 4.79 Å². The number of halogens is 5. The van der Waals surface area contributed by atoms with Gasteiger partial charge in [0.1, 0.15) is 0 Å². The molecule has 2 aromatic carbocycles. The molecular weight excluding hydrogens is 281 g/mol. The molecule has 2 nitrogen and oxygen atoms in total. The highest BCUT2D eigenvalue weighted by atomic mass is 19.4. The van der Waals surface area contributed by atoms with Gasteiger partial charge in [0.2, 0.25) is 0 Å². The molecule has 0 atom stereocenters. The molecule has 20 heavy (non-hydrogen) atoms. The first-order valence-electron chi connectivity index (χ1n) is 5.47. The molecule has 0 aliphatic rings. The molecule has 0 bridgehead atoms. The van der Waals surface area contributed by atoms with Crippen LogP contribution in [0, 0.1) is 0 Å². The Morgan fingerprint density at radius 3 is 2.15 bits per heavy atom. The summed E-state index contributed by atoms with van der Waals surface area (Å²) in [7, 11) is 0. The number of hydrogen-bond acceptors (Lipinski definition) is 1. The molecule has 0 fully saturated rings. The standard InChI is InChI=1S/C13H8F5NO/c14-12(15,13(16,17)18)11(20)19-10-7-3-5-8-4-1-2-6-9(8)10/h1-7H,(H,19,20). The molecule has 0 radical (unpaired) electrons. The lowest BCUT2D eigenvalue weighted by Gasteiger charge is -2.19. The molecule has 0 aromatic heterocycles. The molecule has 7 heteroatoms. The van der Waals surface area contributed by atoms with E-state index in [0.29, 0.717) is 10.8 Å². The van der Waals surface area contributed by atoms with Crippen LogP contribution in [0.3, 0.4) is 0 Å². The third-order valence-corrected chi connectivity index (χ3v) is 2.68. The molecular formula is C13H8F5NO. The normalized spacial score (nSPS) is 12.4. The number of nitrogens with one attached hydrogen (secondary N) is 1. The predicted octanol–water partition coefficient (Wildman–Crippen LogP) is 3.98. The average Bonchev–Trinajstić information content (AvgIpc) is 2.37. The minimum absolute atomic E-state index is 0.1000. The smallest absolute Gasteiger partial charge is 0.320 e. The quantitative estimate of drug-likeness (QED) is 0.833. The van der Waals surface area contributed by atoms with Crippen LogP contribution in [0.5, 0.6) is 0 Å². The summed E-state index contributed by atoms with van der Waals surface area (Å²) in [5, 5.41) is 2.61. The Morgan fingerprint density at radius 1 is 0.900 bits per heavy atom. The summed E-state index contributed by atoms with van der Waals surface area (Å²) >= 11 is 0. The highest BCUT2D eigenvalue weighted by molar-refractivity contribution is 6.04. The van der Waals surface area contributed by atoms with E-state index in [9.17, 15) is 26.7 Å². The van der Waals surface area contributed by atoms with Gasteiger partial charge in [-0.3, -0.25) is 4.79 Å². The second-order valence-corrected chi connectivity index (χ2v) is 4.05. The molecule has 0 aliphatic carbocycles. The summed E-state index contributed by atoms with van der Waals surface area (Å²) in [6.07, 6.45) is -5.93. The Morgan fingerprint density at radius 2 is 1.50 bits per heavy atom. The Hall–Kier alpha value is -2.18. The van der Waals surface area contributed by atoms with E-state index in [4.69, 9.17) is 0 Å². The van der Waals surface area contributed by atoms with E-state index in [-0.39, 0.29) is 5.69 Å². The van der Waals surface area contributed by atoms with Crippen molar-refractivity contribution in [2.75, 3.05) is 5.32 Å². The van der Waals surface area contributed by atoms with E-state index in [1.807, 2.05) is 0 Å². The van der Waals surface area contributed by atoms with E-state index in [0.717, 1.165) is 0 Å². The number of hydrogen-bond donors (Lipinski definition) is 1. The first kappa shape index (κ1) is 14.2. The van der Waals surface area contributed by atoms with Crippen molar-refractivity contribution in [3.8, 4) is 0 Å². The number of fused-ring (bicyclic) bond motifs is 1. The molecule has 2 rings (SSSR count). The van der Waals surface area contributed by atoms with Gasteiger partial charge < -0.3 is 5.32 Å². The van der Waals surface area contributed by atoms with Crippen molar-refractivity contribution in [1.29, 1.82) is 0 Å². The van der Waals surface area contributed by atoms with Gasteiger partial charge in [0.05, 0.1) is 0 Å². The van der Waals surface area contributed by atoms with Crippen molar-refractivity contribution < 1.29 is 26.7 Å².